The normalized spacial score (nSPS) is 10.7. The highest BCUT2D eigenvalue weighted by molar-refractivity contribution is 5.80. The summed E-state index contributed by atoms with van der Waals surface area (Å²) < 4.78 is 0. The molecule has 1 aromatic heterocycles. The van der Waals surface area contributed by atoms with Crippen LogP contribution >= 0.6 is 0 Å². The predicted molar refractivity (Wildman–Crippen MR) is 79.5 cm³/mol. The summed E-state index contributed by atoms with van der Waals surface area (Å²) in [4.78, 5) is 15.7. The minimum Gasteiger partial charge on any atom is -0.273 e. The number of aryl methyl sites for hydroxylation is 2. The Labute approximate surface area is 118 Å². The van der Waals surface area contributed by atoms with Crippen LogP contribution in [0.5, 0.6) is 0 Å². The van der Waals surface area contributed by atoms with Crippen LogP contribution in [0.1, 0.15) is 23.2 Å². The number of carbonyl (C=O) groups is 1. The fourth-order valence-electron chi connectivity index (χ4n) is 1.80. The molecule has 0 fully saturated rings. The number of rotatable bonds is 5. The van der Waals surface area contributed by atoms with E-state index >= 15 is 0 Å². The van der Waals surface area contributed by atoms with Crippen molar-refractivity contribution in [1.29, 1.82) is 0 Å². The van der Waals surface area contributed by atoms with E-state index < -0.39 is 0 Å². The number of amides is 1. The SMILES string of the molecule is Cc1cccc(CCC(=O)N/N=C/c2ccccn2)c1. The summed E-state index contributed by atoms with van der Waals surface area (Å²) in [7, 11) is 0. The average molecular weight is 267 g/mol. The van der Waals surface area contributed by atoms with Crippen molar-refractivity contribution in [2.75, 3.05) is 0 Å². The minimum absolute atomic E-state index is 0.0984. The van der Waals surface area contributed by atoms with E-state index in [4.69, 9.17) is 0 Å². The van der Waals surface area contributed by atoms with Crippen molar-refractivity contribution in [1.82, 2.24) is 10.4 Å². The number of nitrogens with one attached hydrogen (secondary N) is 1. The second kappa shape index (κ2) is 7.19. The van der Waals surface area contributed by atoms with E-state index in [1.165, 1.54) is 11.8 Å². The van der Waals surface area contributed by atoms with Crippen LogP contribution in [0.25, 0.3) is 0 Å². The third-order valence-corrected chi connectivity index (χ3v) is 2.80. The van der Waals surface area contributed by atoms with Gasteiger partial charge in [-0.25, -0.2) is 5.43 Å². The monoisotopic (exact) mass is 267 g/mol. The van der Waals surface area contributed by atoms with Gasteiger partial charge in [-0.2, -0.15) is 5.10 Å². The molecular formula is C16H17N3O. The molecule has 0 aliphatic rings. The summed E-state index contributed by atoms with van der Waals surface area (Å²) in [5.41, 5.74) is 5.59. The highest BCUT2D eigenvalue weighted by Gasteiger charge is 2.01. The molecule has 20 heavy (non-hydrogen) atoms. The van der Waals surface area contributed by atoms with Crippen molar-refractivity contribution in [2.24, 2.45) is 5.10 Å². The van der Waals surface area contributed by atoms with Crippen LogP contribution in [0.3, 0.4) is 0 Å². The van der Waals surface area contributed by atoms with Crippen LogP contribution in [-0.4, -0.2) is 17.1 Å². The van der Waals surface area contributed by atoms with Crippen molar-refractivity contribution in [3.8, 4) is 0 Å². The Morgan fingerprint density at radius 3 is 2.95 bits per heavy atom. The van der Waals surface area contributed by atoms with Crippen LogP contribution in [0.2, 0.25) is 0 Å². The molecule has 1 aromatic carbocycles. The van der Waals surface area contributed by atoms with E-state index in [1.807, 2.05) is 43.3 Å². The molecule has 4 heteroatoms. The zero-order valence-corrected chi connectivity index (χ0v) is 11.4. The van der Waals surface area contributed by atoms with Crippen LogP contribution in [0, 0.1) is 6.92 Å². The fourth-order valence-corrected chi connectivity index (χ4v) is 1.80. The number of hydrazone groups is 1. The first kappa shape index (κ1) is 13.9. The maximum atomic E-state index is 11.6. The van der Waals surface area contributed by atoms with Crippen molar-refractivity contribution in [3.63, 3.8) is 0 Å². The molecule has 2 aromatic rings. The van der Waals surface area contributed by atoms with E-state index in [2.05, 4.69) is 21.6 Å². The highest BCUT2D eigenvalue weighted by atomic mass is 16.2. The van der Waals surface area contributed by atoms with E-state index in [0.717, 1.165) is 5.56 Å². The minimum atomic E-state index is -0.0984. The molecule has 0 radical (unpaired) electrons. The molecule has 0 aliphatic carbocycles. The van der Waals surface area contributed by atoms with Crippen molar-refractivity contribution < 1.29 is 4.79 Å². The topological polar surface area (TPSA) is 54.4 Å². The molecule has 0 saturated carbocycles. The quantitative estimate of drug-likeness (QED) is 0.668. The van der Waals surface area contributed by atoms with Gasteiger partial charge in [0.1, 0.15) is 0 Å². The summed E-state index contributed by atoms with van der Waals surface area (Å²) >= 11 is 0. The van der Waals surface area contributed by atoms with Gasteiger partial charge in [-0.05, 0) is 31.0 Å². The fraction of sp³-hybridized carbons (Fsp3) is 0.188. The molecule has 4 nitrogen and oxygen atoms in total. The second-order valence-electron chi connectivity index (χ2n) is 4.54. The van der Waals surface area contributed by atoms with E-state index in [9.17, 15) is 4.79 Å². The van der Waals surface area contributed by atoms with Crippen LogP contribution in [0.4, 0.5) is 0 Å². The first-order valence-electron chi connectivity index (χ1n) is 6.52. The molecule has 2 rings (SSSR count). The van der Waals surface area contributed by atoms with Crippen molar-refractivity contribution in [3.05, 3.63) is 65.5 Å². The van der Waals surface area contributed by atoms with Gasteiger partial charge in [0.05, 0.1) is 11.9 Å². The summed E-state index contributed by atoms with van der Waals surface area (Å²) in [6.45, 7) is 2.04. The van der Waals surface area contributed by atoms with Crippen LogP contribution < -0.4 is 5.43 Å². The maximum Gasteiger partial charge on any atom is 0.240 e. The lowest BCUT2D eigenvalue weighted by Crippen LogP contribution is -2.18. The lowest BCUT2D eigenvalue weighted by molar-refractivity contribution is -0.121. The molecule has 0 saturated heterocycles. The Balaban J connectivity index is 1.77. The molecular weight excluding hydrogens is 250 g/mol. The molecule has 0 unspecified atom stereocenters. The Bertz CT molecular complexity index is 594. The van der Waals surface area contributed by atoms with Gasteiger partial charge in [0.15, 0.2) is 0 Å². The number of carbonyl (C=O) groups excluding carboxylic acids is 1. The van der Waals surface area contributed by atoms with Gasteiger partial charge in [-0.1, -0.05) is 35.9 Å². The molecule has 1 heterocycles. The summed E-state index contributed by atoms with van der Waals surface area (Å²) in [5, 5.41) is 3.88. The Morgan fingerprint density at radius 1 is 1.30 bits per heavy atom. The van der Waals surface area contributed by atoms with Crippen molar-refractivity contribution >= 4 is 12.1 Å². The number of hydrogen-bond acceptors (Lipinski definition) is 3. The first-order chi connectivity index (χ1) is 9.74. The molecule has 0 bridgehead atoms. The summed E-state index contributed by atoms with van der Waals surface area (Å²) in [5.74, 6) is -0.0984. The summed E-state index contributed by atoms with van der Waals surface area (Å²) in [6.07, 6.45) is 4.35. The second-order valence-corrected chi connectivity index (χ2v) is 4.54. The zero-order valence-electron chi connectivity index (χ0n) is 11.4. The standard InChI is InChI=1S/C16H17N3O/c1-13-5-4-6-14(11-13)8-9-16(20)19-18-12-15-7-2-3-10-17-15/h2-7,10-12H,8-9H2,1H3,(H,19,20)/b18-12+. The molecule has 0 spiro atoms. The lowest BCUT2D eigenvalue weighted by atomic mass is 10.1. The Kier molecular flexibility index (Phi) is 5.00. The molecule has 1 N–H and O–H groups in total. The third kappa shape index (κ3) is 4.65. The van der Waals surface area contributed by atoms with Crippen LogP contribution in [0.15, 0.2) is 53.8 Å². The smallest absolute Gasteiger partial charge is 0.240 e. The van der Waals surface area contributed by atoms with Crippen molar-refractivity contribution in [2.45, 2.75) is 19.8 Å². The summed E-state index contributed by atoms with van der Waals surface area (Å²) in [6, 6.07) is 13.7. The lowest BCUT2D eigenvalue weighted by Gasteiger charge is -2.02. The molecule has 1 amide bonds. The van der Waals surface area contributed by atoms with Gasteiger partial charge in [0, 0.05) is 12.6 Å². The first-order valence-corrected chi connectivity index (χ1v) is 6.52. The predicted octanol–water partition coefficient (Wildman–Crippen LogP) is 2.47. The van der Waals surface area contributed by atoms with Gasteiger partial charge in [-0.3, -0.25) is 9.78 Å². The van der Waals surface area contributed by atoms with Gasteiger partial charge in [0.2, 0.25) is 5.91 Å². The Morgan fingerprint density at radius 2 is 2.20 bits per heavy atom. The zero-order chi connectivity index (χ0) is 14.2. The number of hydrogen-bond donors (Lipinski definition) is 1. The Hall–Kier alpha value is -2.49. The van der Waals surface area contributed by atoms with E-state index in [0.29, 0.717) is 18.5 Å². The number of benzene rings is 1. The van der Waals surface area contributed by atoms with Gasteiger partial charge in [0.25, 0.3) is 0 Å². The van der Waals surface area contributed by atoms with Crippen LogP contribution in [-0.2, 0) is 11.2 Å². The van der Waals surface area contributed by atoms with Gasteiger partial charge < -0.3 is 0 Å². The number of aromatic nitrogens is 1. The van der Waals surface area contributed by atoms with E-state index in [-0.39, 0.29) is 5.91 Å². The van der Waals surface area contributed by atoms with Gasteiger partial charge >= 0.3 is 0 Å². The number of nitrogens with zero attached hydrogens (tertiary/aromatic N) is 2. The highest BCUT2D eigenvalue weighted by Crippen LogP contribution is 2.06. The molecule has 102 valence electrons. The number of pyridine rings is 1. The largest absolute Gasteiger partial charge is 0.273 e. The third-order valence-electron chi connectivity index (χ3n) is 2.80. The van der Waals surface area contributed by atoms with E-state index in [1.54, 1.807) is 6.20 Å². The van der Waals surface area contributed by atoms with Gasteiger partial charge in [-0.15, -0.1) is 0 Å². The molecule has 0 aliphatic heterocycles. The molecule has 0 atom stereocenters. The average Bonchev–Trinajstić information content (AvgIpc) is 2.46. The maximum absolute atomic E-state index is 11.6.